The van der Waals surface area contributed by atoms with Crippen molar-refractivity contribution in [1.29, 1.82) is 0 Å². The molecule has 0 bridgehead atoms. The fourth-order valence-electron chi connectivity index (χ4n) is 2.47. The van der Waals surface area contributed by atoms with Gasteiger partial charge < -0.3 is 20.7 Å². The lowest BCUT2D eigenvalue weighted by atomic mass is 10.1. The number of nitrogens with zero attached hydrogens (tertiary/aromatic N) is 1. The Hall–Kier alpha value is -2.38. The molecule has 0 aliphatic rings. The first-order valence-corrected chi connectivity index (χ1v) is 9.62. The van der Waals surface area contributed by atoms with Crippen LogP contribution in [0.2, 0.25) is 0 Å². The largest absolute Gasteiger partial charge is 0.380 e. The van der Waals surface area contributed by atoms with Gasteiger partial charge >= 0.3 is 6.03 Å². The highest BCUT2D eigenvalue weighted by atomic mass is 79.9. The fourth-order valence-corrected chi connectivity index (χ4v) is 2.73. The molecule has 6 nitrogen and oxygen atoms in total. The predicted octanol–water partition coefficient (Wildman–Crippen LogP) is 4.40. The lowest BCUT2D eigenvalue weighted by Crippen LogP contribution is -2.34. The second-order valence-electron chi connectivity index (χ2n) is 5.97. The Balaban J connectivity index is 2.14. The topological polar surface area (TPSA) is 84.7 Å². The molecule has 2 aromatic carbocycles. The number of carbonyl (C=O) groups excluding carboxylic acids is 2. The quantitative estimate of drug-likeness (QED) is 0.574. The Morgan fingerprint density at radius 1 is 1.07 bits per heavy atom. The number of anilines is 2. The van der Waals surface area contributed by atoms with Crippen LogP contribution in [-0.2, 0) is 4.74 Å². The highest BCUT2D eigenvalue weighted by Crippen LogP contribution is 2.21. The van der Waals surface area contributed by atoms with Gasteiger partial charge in [0.1, 0.15) is 0 Å². The SMILES string of the molecule is CCCCOCCN(C(=O)c1ccc(NC(N)=O)cc1)c1ccc(Br)cc1. The molecule has 0 atom stereocenters. The molecule has 2 rings (SSSR count). The molecule has 7 heteroatoms. The Morgan fingerprint density at radius 3 is 2.33 bits per heavy atom. The van der Waals surface area contributed by atoms with Crippen molar-refractivity contribution in [3.05, 3.63) is 58.6 Å². The van der Waals surface area contributed by atoms with E-state index in [-0.39, 0.29) is 5.91 Å². The van der Waals surface area contributed by atoms with E-state index in [1.165, 1.54) is 0 Å². The van der Waals surface area contributed by atoms with Gasteiger partial charge in [-0.15, -0.1) is 0 Å². The maximum Gasteiger partial charge on any atom is 0.316 e. The molecule has 0 aromatic heterocycles. The van der Waals surface area contributed by atoms with Gasteiger partial charge in [0, 0.05) is 34.6 Å². The number of hydrogen-bond donors (Lipinski definition) is 2. The molecular formula is C20H24BrN3O3. The van der Waals surface area contributed by atoms with Crippen LogP contribution in [0, 0.1) is 0 Å². The van der Waals surface area contributed by atoms with Crippen LogP contribution in [0.15, 0.2) is 53.0 Å². The van der Waals surface area contributed by atoms with Crippen molar-refractivity contribution >= 4 is 39.2 Å². The minimum Gasteiger partial charge on any atom is -0.380 e. The summed E-state index contributed by atoms with van der Waals surface area (Å²) in [5, 5.41) is 2.48. The van der Waals surface area contributed by atoms with E-state index in [2.05, 4.69) is 28.2 Å². The summed E-state index contributed by atoms with van der Waals surface area (Å²) < 4.78 is 6.58. The molecule has 144 valence electrons. The number of benzene rings is 2. The maximum absolute atomic E-state index is 13.0. The van der Waals surface area contributed by atoms with Gasteiger partial charge in [0.25, 0.3) is 5.91 Å². The second kappa shape index (κ2) is 10.7. The highest BCUT2D eigenvalue weighted by Gasteiger charge is 2.18. The lowest BCUT2D eigenvalue weighted by Gasteiger charge is -2.23. The van der Waals surface area contributed by atoms with Gasteiger partial charge in [-0.05, 0) is 55.0 Å². The van der Waals surface area contributed by atoms with Gasteiger partial charge in [0.05, 0.1) is 6.61 Å². The van der Waals surface area contributed by atoms with Crippen molar-refractivity contribution < 1.29 is 14.3 Å². The Kier molecular flexibility index (Phi) is 8.29. The average molecular weight is 434 g/mol. The Labute approximate surface area is 167 Å². The summed E-state index contributed by atoms with van der Waals surface area (Å²) in [5.41, 5.74) is 6.95. The normalized spacial score (nSPS) is 10.4. The summed E-state index contributed by atoms with van der Waals surface area (Å²) in [6, 6.07) is 13.5. The van der Waals surface area contributed by atoms with Gasteiger partial charge in [-0.1, -0.05) is 29.3 Å². The summed E-state index contributed by atoms with van der Waals surface area (Å²) in [6.07, 6.45) is 2.07. The van der Waals surface area contributed by atoms with Crippen LogP contribution < -0.4 is 16.0 Å². The minimum absolute atomic E-state index is 0.137. The molecule has 0 unspecified atom stereocenters. The van der Waals surface area contributed by atoms with Crippen LogP contribution >= 0.6 is 15.9 Å². The third-order valence-corrected chi connectivity index (χ3v) is 4.41. The number of urea groups is 1. The number of carbonyl (C=O) groups is 2. The summed E-state index contributed by atoms with van der Waals surface area (Å²) in [7, 11) is 0. The molecule has 0 spiro atoms. The number of hydrogen-bond acceptors (Lipinski definition) is 3. The summed E-state index contributed by atoms with van der Waals surface area (Å²) in [5.74, 6) is -0.137. The number of nitrogens with two attached hydrogens (primary N) is 1. The molecule has 27 heavy (non-hydrogen) atoms. The number of amides is 3. The minimum atomic E-state index is -0.644. The van der Waals surface area contributed by atoms with Crippen molar-refractivity contribution in [1.82, 2.24) is 0 Å². The van der Waals surface area contributed by atoms with Gasteiger partial charge in [0.15, 0.2) is 0 Å². The first-order chi connectivity index (χ1) is 13.0. The van der Waals surface area contributed by atoms with Crippen molar-refractivity contribution in [2.45, 2.75) is 19.8 Å². The zero-order valence-electron chi connectivity index (χ0n) is 15.3. The fraction of sp³-hybridized carbons (Fsp3) is 0.300. The standard InChI is InChI=1S/C20H24BrN3O3/c1-2-3-13-27-14-12-24(18-10-6-16(21)7-11-18)19(25)15-4-8-17(9-5-15)23-20(22)26/h4-11H,2-3,12-14H2,1H3,(H3,22,23,26). The molecule has 0 aliphatic heterocycles. The average Bonchev–Trinajstić information content (AvgIpc) is 2.65. The van der Waals surface area contributed by atoms with Gasteiger partial charge in [0.2, 0.25) is 0 Å². The number of nitrogens with one attached hydrogen (secondary N) is 1. The van der Waals surface area contributed by atoms with E-state index in [0.29, 0.717) is 31.0 Å². The molecule has 2 aromatic rings. The zero-order valence-corrected chi connectivity index (χ0v) is 16.9. The summed E-state index contributed by atoms with van der Waals surface area (Å²) in [4.78, 5) is 25.6. The van der Waals surface area contributed by atoms with Crippen LogP contribution in [0.25, 0.3) is 0 Å². The van der Waals surface area contributed by atoms with E-state index < -0.39 is 6.03 Å². The number of halogens is 1. The van der Waals surface area contributed by atoms with Crippen LogP contribution in [0.5, 0.6) is 0 Å². The monoisotopic (exact) mass is 433 g/mol. The third-order valence-electron chi connectivity index (χ3n) is 3.88. The molecule has 0 fully saturated rings. The van der Waals surface area contributed by atoms with Gasteiger partial charge in [-0.25, -0.2) is 4.79 Å². The first kappa shape index (κ1) is 20.9. The summed E-state index contributed by atoms with van der Waals surface area (Å²) >= 11 is 3.41. The van der Waals surface area contributed by atoms with E-state index >= 15 is 0 Å². The predicted molar refractivity (Wildman–Crippen MR) is 111 cm³/mol. The van der Waals surface area contributed by atoms with Crippen LogP contribution in [0.4, 0.5) is 16.2 Å². The molecule has 0 saturated carbocycles. The van der Waals surface area contributed by atoms with E-state index in [0.717, 1.165) is 23.0 Å². The number of ether oxygens (including phenoxy) is 1. The molecule has 3 N–H and O–H groups in total. The highest BCUT2D eigenvalue weighted by molar-refractivity contribution is 9.10. The molecular weight excluding hydrogens is 410 g/mol. The van der Waals surface area contributed by atoms with E-state index in [4.69, 9.17) is 10.5 Å². The number of unbranched alkanes of at least 4 members (excludes halogenated alkanes) is 1. The van der Waals surface area contributed by atoms with Gasteiger partial charge in [-0.2, -0.15) is 0 Å². The third kappa shape index (κ3) is 6.69. The number of primary amides is 1. The molecule has 0 heterocycles. The van der Waals surface area contributed by atoms with Crippen molar-refractivity contribution in [2.75, 3.05) is 30.0 Å². The first-order valence-electron chi connectivity index (χ1n) is 8.83. The van der Waals surface area contributed by atoms with Crippen molar-refractivity contribution in [3.63, 3.8) is 0 Å². The van der Waals surface area contributed by atoms with E-state index in [1.807, 2.05) is 24.3 Å². The van der Waals surface area contributed by atoms with E-state index in [9.17, 15) is 9.59 Å². The molecule has 0 radical (unpaired) electrons. The van der Waals surface area contributed by atoms with E-state index in [1.54, 1.807) is 29.2 Å². The molecule has 3 amide bonds. The second-order valence-corrected chi connectivity index (χ2v) is 6.88. The molecule has 0 saturated heterocycles. The van der Waals surface area contributed by atoms with Crippen LogP contribution in [0.3, 0.4) is 0 Å². The molecule has 0 aliphatic carbocycles. The van der Waals surface area contributed by atoms with Gasteiger partial charge in [-0.3, -0.25) is 4.79 Å². The lowest BCUT2D eigenvalue weighted by molar-refractivity contribution is 0.0958. The summed E-state index contributed by atoms with van der Waals surface area (Å²) in [6.45, 7) is 3.71. The van der Waals surface area contributed by atoms with Crippen molar-refractivity contribution in [2.24, 2.45) is 5.73 Å². The smallest absolute Gasteiger partial charge is 0.316 e. The number of rotatable bonds is 9. The maximum atomic E-state index is 13.0. The Morgan fingerprint density at radius 2 is 1.74 bits per heavy atom. The zero-order chi connectivity index (χ0) is 19.6. The van der Waals surface area contributed by atoms with Crippen LogP contribution in [0.1, 0.15) is 30.1 Å². The van der Waals surface area contributed by atoms with Crippen LogP contribution in [-0.4, -0.2) is 31.7 Å². The van der Waals surface area contributed by atoms with Crippen molar-refractivity contribution in [3.8, 4) is 0 Å². The Bertz CT molecular complexity index is 748.